The highest BCUT2D eigenvalue weighted by atomic mass is 35.5. The minimum Gasteiger partial charge on any atom is -0.445 e. The van der Waals surface area contributed by atoms with Gasteiger partial charge in [0.25, 0.3) is 0 Å². The predicted molar refractivity (Wildman–Crippen MR) is 129 cm³/mol. The van der Waals surface area contributed by atoms with Crippen LogP contribution in [-0.2, 0) is 24.1 Å². The average Bonchev–Trinajstić information content (AvgIpc) is 3.27. The highest BCUT2D eigenvalue weighted by Crippen LogP contribution is 2.35. The topological polar surface area (TPSA) is 68.2 Å². The third-order valence-corrected chi connectivity index (χ3v) is 5.91. The van der Waals surface area contributed by atoms with Gasteiger partial charge in [-0.25, -0.2) is 14.2 Å². The van der Waals surface area contributed by atoms with E-state index in [1.807, 2.05) is 34.9 Å². The zero-order chi connectivity index (χ0) is 24.8. The summed E-state index contributed by atoms with van der Waals surface area (Å²) in [4.78, 5) is 16.7. The summed E-state index contributed by atoms with van der Waals surface area (Å²) in [7, 11) is 0. The van der Waals surface area contributed by atoms with E-state index in [4.69, 9.17) is 4.74 Å². The van der Waals surface area contributed by atoms with Crippen LogP contribution in [0.25, 0.3) is 11.3 Å². The molecule has 1 aromatic heterocycles. The van der Waals surface area contributed by atoms with Crippen LogP contribution < -0.4 is 10.6 Å². The van der Waals surface area contributed by atoms with Crippen molar-refractivity contribution < 1.29 is 27.1 Å². The van der Waals surface area contributed by atoms with Crippen molar-refractivity contribution in [2.75, 3.05) is 19.6 Å². The molecule has 11 heteroatoms. The maximum absolute atomic E-state index is 13.8. The Balaban J connectivity index is 0.00000361. The molecule has 2 N–H and O–H groups in total. The van der Waals surface area contributed by atoms with Gasteiger partial charge in [-0.15, -0.1) is 12.4 Å². The molecule has 1 aliphatic heterocycles. The van der Waals surface area contributed by atoms with Gasteiger partial charge >= 0.3 is 12.3 Å². The molecule has 1 amide bonds. The summed E-state index contributed by atoms with van der Waals surface area (Å²) in [6, 6.07) is 12.2. The lowest BCUT2D eigenvalue weighted by atomic mass is 9.97. The van der Waals surface area contributed by atoms with E-state index < -0.39 is 23.7 Å². The van der Waals surface area contributed by atoms with Crippen molar-refractivity contribution in [3.63, 3.8) is 0 Å². The van der Waals surface area contributed by atoms with Crippen LogP contribution in [0.15, 0.2) is 54.7 Å². The third kappa shape index (κ3) is 6.98. The van der Waals surface area contributed by atoms with E-state index in [0.717, 1.165) is 49.5 Å². The SMILES string of the molecule is Cl.O=C(NCCn1cc(-c2ccc(F)c(C(F)(F)F)c2)nc1C1CCNCC1)OCc1ccccc1. The highest BCUT2D eigenvalue weighted by molar-refractivity contribution is 5.85. The summed E-state index contributed by atoms with van der Waals surface area (Å²) in [5.41, 5.74) is 0.0574. The number of carbonyl (C=O) groups is 1. The molecular weight excluding hydrogens is 500 g/mol. The number of halogens is 5. The fourth-order valence-corrected chi connectivity index (χ4v) is 4.11. The Morgan fingerprint density at radius 2 is 1.86 bits per heavy atom. The lowest BCUT2D eigenvalue weighted by Gasteiger charge is -2.23. The Labute approximate surface area is 212 Å². The van der Waals surface area contributed by atoms with E-state index in [1.54, 1.807) is 6.20 Å². The first kappa shape index (κ1) is 27.5. The van der Waals surface area contributed by atoms with Crippen LogP contribution in [0.3, 0.4) is 0 Å². The lowest BCUT2D eigenvalue weighted by Crippen LogP contribution is -2.30. The molecule has 2 heterocycles. The molecule has 0 saturated carbocycles. The Bertz CT molecular complexity index is 1150. The summed E-state index contributed by atoms with van der Waals surface area (Å²) in [5.74, 6) is -0.464. The van der Waals surface area contributed by atoms with Gasteiger partial charge in [0.05, 0.1) is 11.3 Å². The van der Waals surface area contributed by atoms with Crippen molar-refractivity contribution in [2.45, 2.75) is 38.1 Å². The molecule has 1 aliphatic rings. The molecule has 2 aromatic carbocycles. The van der Waals surface area contributed by atoms with Crippen molar-refractivity contribution in [3.8, 4) is 11.3 Å². The van der Waals surface area contributed by atoms with Crippen LogP contribution in [0.4, 0.5) is 22.4 Å². The minimum atomic E-state index is -4.80. The number of piperidine rings is 1. The first-order chi connectivity index (χ1) is 16.8. The lowest BCUT2D eigenvalue weighted by molar-refractivity contribution is -0.139. The fourth-order valence-electron chi connectivity index (χ4n) is 4.11. The van der Waals surface area contributed by atoms with Crippen molar-refractivity contribution in [2.24, 2.45) is 0 Å². The number of nitrogens with zero attached hydrogens (tertiary/aromatic N) is 2. The summed E-state index contributed by atoms with van der Waals surface area (Å²) in [6.45, 7) is 2.38. The second kappa shape index (κ2) is 12.2. The van der Waals surface area contributed by atoms with Crippen LogP contribution in [0.2, 0.25) is 0 Å². The molecule has 1 fully saturated rings. The molecule has 0 unspecified atom stereocenters. The van der Waals surface area contributed by atoms with Gasteiger partial charge in [-0.1, -0.05) is 30.3 Å². The van der Waals surface area contributed by atoms with Gasteiger partial charge in [-0.05, 0) is 49.7 Å². The van der Waals surface area contributed by atoms with Gasteiger partial charge in [0.2, 0.25) is 0 Å². The Morgan fingerprint density at radius 3 is 2.56 bits per heavy atom. The number of alkyl carbamates (subject to hydrolysis) is 1. The number of alkyl halides is 3. The van der Waals surface area contributed by atoms with Crippen molar-refractivity contribution >= 4 is 18.5 Å². The molecule has 6 nitrogen and oxygen atoms in total. The van der Waals surface area contributed by atoms with Crippen molar-refractivity contribution in [1.82, 2.24) is 20.2 Å². The number of rotatable bonds is 7. The van der Waals surface area contributed by atoms with Crippen LogP contribution in [-0.4, -0.2) is 35.3 Å². The molecule has 0 aliphatic carbocycles. The van der Waals surface area contributed by atoms with Gasteiger partial charge in [0, 0.05) is 30.8 Å². The molecule has 0 atom stereocenters. The van der Waals surface area contributed by atoms with E-state index in [9.17, 15) is 22.4 Å². The van der Waals surface area contributed by atoms with Crippen LogP contribution >= 0.6 is 12.4 Å². The Morgan fingerprint density at radius 1 is 1.14 bits per heavy atom. The average molecular weight is 527 g/mol. The first-order valence-corrected chi connectivity index (χ1v) is 11.4. The van der Waals surface area contributed by atoms with Gasteiger partial charge in [-0.2, -0.15) is 13.2 Å². The number of carbonyl (C=O) groups excluding carboxylic acids is 1. The minimum absolute atomic E-state index is 0. The Hall–Kier alpha value is -3.11. The predicted octanol–water partition coefficient (Wildman–Crippen LogP) is 5.52. The van der Waals surface area contributed by atoms with E-state index in [2.05, 4.69) is 15.6 Å². The monoisotopic (exact) mass is 526 g/mol. The van der Waals surface area contributed by atoms with Gasteiger partial charge < -0.3 is 19.9 Å². The highest BCUT2D eigenvalue weighted by Gasteiger charge is 2.34. The number of aromatic nitrogens is 2. The largest absolute Gasteiger partial charge is 0.445 e. The third-order valence-electron chi connectivity index (χ3n) is 5.91. The quantitative estimate of drug-likeness (QED) is 0.398. The van der Waals surface area contributed by atoms with E-state index >= 15 is 0 Å². The number of benzene rings is 2. The van der Waals surface area contributed by atoms with E-state index in [1.165, 1.54) is 6.07 Å². The maximum atomic E-state index is 13.8. The normalized spacial score (nSPS) is 14.2. The van der Waals surface area contributed by atoms with Crippen LogP contribution in [0.5, 0.6) is 0 Å². The van der Waals surface area contributed by atoms with Gasteiger partial charge in [0.15, 0.2) is 0 Å². The van der Waals surface area contributed by atoms with Crippen LogP contribution in [0, 0.1) is 5.82 Å². The summed E-state index contributed by atoms with van der Waals surface area (Å²) < 4.78 is 60.5. The standard InChI is InChI=1S/C25H26F4N4O2.ClH/c26-21-7-6-19(14-20(21)25(27,28)29)22-15-33(23(32-22)18-8-10-30-11-9-18)13-12-31-24(34)35-16-17-4-2-1-3-5-17;/h1-7,14-15,18,30H,8-13,16H2,(H,31,34);1H. The summed E-state index contributed by atoms with van der Waals surface area (Å²) in [5, 5.41) is 5.98. The summed E-state index contributed by atoms with van der Waals surface area (Å²) in [6.07, 6.45) is -2.04. The molecule has 0 spiro atoms. The Kier molecular flexibility index (Phi) is 9.33. The van der Waals surface area contributed by atoms with E-state index in [-0.39, 0.29) is 37.0 Å². The van der Waals surface area contributed by atoms with Crippen molar-refractivity contribution in [3.05, 3.63) is 77.5 Å². The number of hydrogen-bond acceptors (Lipinski definition) is 4. The van der Waals surface area contributed by atoms with Crippen molar-refractivity contribution in [1.29, 1.82) is 0 Å². The number of hydrogen-bond donors (Lipinski definition) is 2. The van der Waals surface area contributed by atoms with Gasteiger partial charge in [-0.3, -0.25) is 0 Å². The molecule has 36 heavy (non-hydrogen) atoms. The number of amides is 1. The summed E-state index contributed by atoms with van der Waals surface area (Å²) >= 11 is 0. The van der Waals surface area contributed by atoms with Crippen LogP contribution in [0.1, 0.15) is 35.7 Å². The molecule has 4 rings (SSSR count). The fraction of sp³-hybridized carbons (Fsp3) is 0.360. The number of ether oxygens (including phenoxy) is 1. The second-order valence-corrected chi connectivity index (χ2v) is 8.38. The zero-order valence-corrected chi connectivity index (χ0v) is 20.2. The second-order valence-electron chi connectivity index (χ2n) is 8.38. The molecule has 1 saturated heterocycles. The zero-order valence-electron chi connectivity index (χ0n) is 19.4. The van der Waals surface area contributed by atoms with Gasteiger partial charge in [0.1, 0.15) is 18.2 Å². The number of imidazole rings is 1. The molecule has 0 bridgehead atoms. The maximum Gasteiger partial charge on any atom is 0.419 e. The first-order valence-electron chi connectivity index (χ1n) is 11.4. The van der Waals surface area contributed by atoms with E-state index in [0.29, 0.717) is 12.2 Å². The molecule has 3 aromatic rings. The smallest absolute Gasteiger partial charge is 0.419 e. The molecule has 194 valence electrons. The molecular formula is C25H27ClF4N4O2. The molecule has 0 radical (unpaired) electrons. The number of nitrogens with one attached hydrogen (secondary N) is 2.